The van der Waals surface area contributed by atoms with Crippen LogP contribution in [0.3, 0.4) is 0 Å². The second kappa shape index (κ2) is 11.6. The third-order valence-electron chi connectivity index (χ3n) is 6.99. The summed E-state index contributed by atoms with van der Waals surface area (Å²) in [5.41, 5.74) is 10.6. The fraction of sp³-hybridized carbons (Fsp3) is 0.345. The molecule has 3 aromatic rings. The van der Waals surface area contributed by atoms with Gasteiger partial charge in [-0.15, -0.1) is 0 Å². The molecule has 5 nitrogen and oxygen atoms in total. The minimum absolute atomic E-state index is 0.454. The van der Waals surface area contributed by atoms with Crippen LogP contribution in [0.4, 0.5) is 5.69 Å². The minimum Gasteiger partial charge on any atom is -0.385 e. The number of hydrogen-bond acceptors (Lipinski definition) is 4. The number of aryl methyl sites for hydroxylation is 1. The highest BCUT2D eigenvalue weighted by Crippen LogP contribution is 2.33. The fourth-order valence-electron chi connectivity index (χ4n) is 4.74. The van der Waals surface area contributed by atoms with Gasteiger partial charge in [-0.3, -0.25) is 9.00 Å². The molecule has 3 aromatic carbocycles. The van der Waals surface area contributed by atoms with Crippen LogP contribution < -0.4 is 11.1 Å². The van der Waals surface area contributed by atoms with Gasteiger partial charge in [-0.2, -0.15) is 0 Å². The summed E-state index contributed by atoms with van der Waals surface area (Å²) in [4.78, 5) is 15.3. The number of hydrogen-bond donors (Lipinski definition) is 2. The molecule has 35 heavy (non-hydrogen) atoms. The lowest BCUT2D eigenvalue weighted by Gasteiger charge is -2.38. The van der Waals surface area contributed by atoms with E-state index in [1.54, 1.807) is 0 Å². The van der Waals surface area contributed by atoms with Crippen LogP contribution in [0.1, 0.15) is 31.7 Å². The zero-order chi connectivity index (χ0) is 24.7. The summed E-state index contributed by atoms with van der Waals surface area (Å²) in [5.74, 6) is -0.454. The lowest BCUT2D eigenvalue weighted by atomic mass is 9.95. The lowest BCUT2D eigenvalue weighted by molar-refractivity contribution is -0.121. The number of carbonyl (C=O) groups is 1. The second-order valence-electron chi connectivity index (χ2n) is 9.18. The summed E-state index contributed by atoms with van der Waals surface area (Å²) >= 11 is 0. The number of primary amides is 1. The van der Waals surface area contributed by atoms with E-state index in [0.29, 0.717) is 17.7 Å². The molecule has 1 amide bonds. The molecule has 1 aliphatic rings. The van der Waals surface area contributed by atoms with Crippen molar-refractivity contribution in [1.29, 1.82) is 0 Å². The summed E-state index contributed by atoms with van der Waals surface area (Å²) in [6.45, 7) is 5.37. The van der Waals surface area contributed by atoms with Crippen LogP contribution in [0, 0.1) is 0 Å². The van der Waals surface area contributed by atoms with Crippen molar-refractivity contribution in [3.63, 3.8) is 0 Å². The normalized spacial score (nSPS) is 16.5. The first-order valence-electron chi connectivity index (χ1n) is 12.4. The van der Waals surface area contributed by atoms with Crippen molar-refractivity contribution in [2.45, 2.75) is 42.2 Å². The van der Waals surface area contributed by atoms with Crippen molar-refractivity contribution in [3.05, 3.63) is 84.4 Å². The minimum atomic E-state index is -1.46. The number of nitrogens with zero attached hydrogens (tertiary/aromatic N) is 1. The van der Waals surface area contributed by atoms with Crippen LogP contribution >= 0.6 is 0 Å². The van der Waals surface area contributed by atoms with Crippen molar-refractivity contribution in [2.75, 3.05) is 31.5 Å². The molecule has 1 aliphatic heterocycles. The highest BCUT2D eigenvalue weighted by molar-refractivity contribution is 7.87. The fourth-order valence-corrected chi connectivity index (χ4v) is 6.31. The van der Waals surface area contributed by atoms with Crippen LogP contribution in [-0.2, 0) is 22.0 Å². The molecular weight excluding hydrogens is 454 g/mol. The zero-order valence-corrected chi connectivity index (χ0v) is 21.2. The van der Waals surface area contributed by atoms with E-state index >= 15 is 0 Å². The maximum Gasteiger partial charge on any atom is 0.236 e. The number of likely N-dealkylation sites (tertiary alicyclic amines) is 1. The Balaban J connectivity index is 1.30. The third-order valence-corrected chi connectivity index (χ3v) is 9.01. The Kier molecular flexibility index (Phi) is 8.37. The van der Waals surface area contributed by atoms with Gasteiger partial charge in [-0.05, 0) is 73.2 Å². The highest BCUT2D eigenvalue weighted by atomic mass is 32.2. The number of nitrogens with two attached hydrogens (primary N) is 1. The standard InChI is InChI=1S/C29H35N3O2S/c1-2-32-20-17-29(18-21-32,28(30)33)35(34)27-15-13-26(14-16-27)31-19-7-9-23-8-6-12-25(22-23)24-10-4-3-5-11-24/h3-6,8,10-16,22,31H,2,7,9,17-21H2,1H3,(H2,30,33). The molecule has 1 heterocycles. The summed E-state index contributed by atoms with van der Waals surface area (Å²) < 4.78 is 12.4. The molecule has 0 aliphatic carbocycles. The first kappa shape index (κ1) is 25.1. The molecule has 0 aromatic heterocycles. The Morgan fingerprint density at radius 1 is 0.971 bits per heavy atom. The molecule has 1 atom stereocenters. The van der Waals surface area contributed by atoms with Gasteiger partial charge in [-0.25, -0.2) is 0 Å². The van der Waals surface area contributed by atoms with Gasteiger partial charge in [0.15, 0.2) is 0 Å². The van der Waals surface area contributed by atoms with Gasteiger partial charge >= 0.3 is 0 Å². The van der Waals surface area contributed by atoms with E-state index in [9.17, 15) is 9.00 Å². The second-order valence-corrected chi connectivity index (χ2v) is 11.0. The number of nitrogens with one attached hydrogen (secondary N) is 1. The number of amides is 1. The van der Waals surface area contributed by atoms with Crippen LogP contribution in [0.2, 0.25) is 0 Å². The third kappa shape index (κ3) is 6.00. The zero-order valence-electron chi connectivity index (χ0n) is 20.4. The molecule has 0 spiro atoms. The monoisotopic (exact) mass is 489 g/mol. The first-order valence-corrected chi connectivity index (χ1v) is 13.6. The predicted molar refractivity (Wildman–Crippen MR) is 145 cm³/mol. The molecule has 1 saturated heterocycles. The van der Waals surface area contributed by atoms with E-state index in [4.69, 9.17) is 5.73 Å². The Labute approximate surface area is 211 Å². The number of carbonyl (C=O) groups excluding carboxylic acids is 1. The van der Waals surface area contributed by atoms with Gasteiger partial charge in [-0.1, -0.05) is 61.5 Å². The average Bonchev–Trinajstić information content (AvgIpc) is 2.91. The molecule has 0 radical (unpaired) electrons. The number of piperidine rings is 1. The highest BCUT2D eigenvalue weighted by Gasteiger charge is 2.45. The van der Waals surface area contributed by atoms with E-state index in [-0.39, 0.29) is 0 Å². The predicted octanol–water partition coefficient (Wildman–Crippen LogP) is 4.85. The molecular formula is C29H35N3O2S. The first-order chi connectivity index (χ1) is 17.0. The van der Waals surface area contributed by atoms with Gasteiger partial charge < -0.3 is 16.0 Å². The van der Waals surface area contributed by atoms with Crippen molar-refractivity contribution >= 4 is 22.4 Å². The van der Waals surface area contributed by atoms with Crippen molar-refractivity contribution in [2.24, 2.45) is 5.73 Å². The smallest absolute Gasteiger partial charge is 0.236 e. The topological polar surface area (TPSA) is 75.4 Å². The van der Waals surface area contributed by atoms with Crippen LogP contribution in [0.15, 0.2) is 83.8 Å². The maximum absolute atomic E-state index is 13.4. The van der Waals surface area contributed by atoms with Gasteiger partial charge in [0, 0.05) is 30.2 Å². The van der Waals surface area contributed by atoms with Crippen molar-refractivity contribution in [3.8, 4) is 11.1 Å². The average molecular weight is 490 g/mol. The molecule has 184 valence electrons. The Hall–Kier alpha value is -2.96. The summed E-state index contributed by atoms with van der Waals surface area (Å²) in [6.07, 6.45) is 3.07. The lowest BCUT2D eigenvalue weighted by Crippen LogP contribution is -2.54. The van der Waals surface area contributed by atoms with Gasteiger partial charge in [0.2, 0.25) is 5.91 Å². The number of benzene rings is 3. The van der Waals surface area contributed by atoms with E-state index in [0.717, 1.165) is 44.7 Å². The van der Waals surface area contributed by atoms with E-state index < -0.39 is 21.5 Å². The SMILES string of the molecule is CCN1CCC(C(N)=O)(S(=O)c2ccc(NCCCc3cccc(-c4ccccc4)c3)cc2)CC1. The van der Waals surface area contributed by atoms with Gasteiger partial charge in [0.25, 0.3) is 0 Å². The molecule has 1 fully saturated rings. The van der Waals surface area contributed by atoms with Gasteiger partial charge in [0.1, 0.15) is 4.75 Å². The summed E-state index contributed by atoms with van der Waals surface area (Å²) in [5, 5.41) is 3.46. The van der Waals surface area contributed by atoms with E-state index in [1.165, 1.54) is 16.7 Å². The molecule has 0 bridgehead atoms. The Morgan fingerprint density at radius 3 is 2.31 bits per heavy atom. The van der Waals surface area contributed by atoms with Crippen LogP contribution in [-0.4, -0.2) is 45.9 Å². The molecule has 0 saturated carbocycles. The molecule has 3 N–H and O–H groups in total. The van der Waals surface area contributed by atoms with E-state index in [2.05, 4.69) is 65.7 Å². The van der Waals surface area contributed by atoms with Crippen molar-refractivity contribution in [1.82, 2.24) is 4.90 Å². The summed E-state index contributed by atoms with van der Waals surface area (Å²) in [7, 11) is -1.46. The largest absolute Gasteiger partial charge is 0.385 e. The molecule has 4 rings (SSSR count). The van der Waals surface area contributed by atoms with Crippen molar-refractivity contribution < 1.29 is 9.00 Å². The Bertz CT molecular complexity index is 1140. The molecule has 6 heteroatoms. The summed E-state index contributed by atoms with van der Waals surface area (Å²) in [6, 6.07) is 26.8. The quantitative estimate of drug-likeness (QED) is 0.400. The van der Waals surface area contributed by atoms with Crippen LogP contribution in [0.5, 0.6) is 0 Å². The Morgan fingerprint density at radius 2 is 1.66 bits per heavy atom. The van der Waals surface area contributed by atoms with Gasteiger partial charge in [0.05, 0.1) is 10.8 Å². The number of rotatable bonds is 10. The molecule has 1 unspecified atom stereocenters. The van der Waals surface area contributed by atoms with Crippen LogP contribution in [0.25, 0.3) is 11.1 Å². The number of anilines is 1. The maximum atomic E-state index is 13.4. The van der Waals surface area contributed by atoms with E-state index in [1.807, 2.05) is 30.3 Å².